The first-order chi connectivity index (χ1) is 17.8. The van der Waals surface area contributed by atoms with E-state index in [0.717, 1.165) is 19.6 Å². The molecular weight excluding hydrogens is 629 g/mol. The lowest BCUT2D eigenvalue weighted by Gasteiger charge is -2.33. The molecule has 198 valence electrons. The molecule has 2 aromatic rings. The Balaban J connectivity index is 1.34. The molecule has 4 rings (SSSR count). The number of piperidine rings is 1. The molecule has 2 aliphatic heterocycles. The van der Waals surface area contributed by atoms with Crippen molar-refractivity contribution in [2.75, 3.05) is 25.0 Å². The van der Waals surface area contributed by atoms with Crippen molar-refractivity contribution >= 4 is 73.6 Å². The number of anilines is 1. The van der Waals surface area contributed by atoms with Gasteiger partial charge in [-0.15, -0.1) is 11.3 Å². The van der Waals surface area contributed by atoms with Crippen LogP contribution in [-0.4, -0.2) is 72.6 Å². The van der Waals surface area contributed by atoms with Crippen molar-refractivity contribution in [1.82, 2.24) is 19.5 Å². The minimum absolute atomic E-state index is 0.200. The molecule has 0 radical (unpaired) electrons. The van der Waals surface area contributed by atoms with E-state index in [4.69, 9.17) is 0 Å². The number of aromatic nitrogens is 1. The van der Waals surface area contributed by atoms with E-state index in [9.17, 15) is 22.8 Å². The number of pyridine rings is 1. The van der Waals surface area contributed by atoms with Crippen LogP contribution in [-0.2, 0) is 28.8 Å². The van der Waals surface area contributed by atoms with Crippen LogP contribution in [0.4, 0.5) is 5.82 Å². The van der Waals surface area contributed by atoms with E-state index in [0.29, 0.717) is 44.6 Å². The normalized spacial score (nSPS) is 20.5. The van der Waals surface area contributed by atoms with E-state index in [2.05, 4.69) is 37.6 Å². The largest absolute Gasteiger partial charge is 0.332 e. The minimum Gasteiger partial charge on any atom is -0.332 e. The zero-order chi connectivity index (χ0) is 26.4. The summed E-state index contributed by atoms with van der Waals surface area (Å²) in [5.74, 6) is -0.678. The summed E-state index contributed by atoms with van der Waals surface area (Å²) in [6.07, 6.45) is 5.20. The molecule has 2 atom stereocenters. The van der Waals surface area contributed by atoms with Crippen LogP contribution in [0, 0.1) is 0 Å². The first-order valence-corrected chi connectivity index (χ1v) is 15.8. The predicted octanol–water partition coefficient (Wildman–Crippen LogP) is 2.59. The Hall–Kier alpha value is -2.36. The Labute approximate surface area is 233 Å². The number of hydrogen-bond acceptors (Lipinski definition) is 7. The number of nitrogens with zero attached hydrogens (tertiary/aromatic N) is 3. The van der Waals surface area contributed by atoms with E-state index >= 15 is 0 Å². The van der Waals surface area contributed by atoms with Crippen LogP contribution in [0.2, 0.25) is 0 Å². The molecule has 0 spiro atoms. The number of carbonyl (C=O) groups is 3. The van der Waals surface area contributed by atoms with Crippen LogP contribution in [0.15, 0.2) is 41.9 Å². The Bertz CT molecular complexity index is 1270. The van der Waals surface area contributed by atoms with Gasteiger partial charge in [-0.25, -0.2) is 13.4 Å². The first kappa shape index (κ1) is 27.7. The van der Waals surface area contributed by atoms with Crippen LogP contribution < -0.4 is 10.0 Å². The number of rotatable bonds is 9. The molecule has 0 aromatic carbocycles. The molecule has 0 unspecified atom stereocenters. The molecule has 4 heterocycles. The van der Waals surface area contributed by atoms with Gasteiger partial charge in [-0.1, -0.05) is 28.7 Å². The van der Waals surface area contributed by atoms with E-state index in [-0.39, 0.29) is 18.4 Å². The second kappa shape index (κ2) is 12.5. The highest BCUT2D eigenvalue weighted by Crippen LogP contribution is 2.22. The van der Waals surface area contributed by atoms with Gasteiger partial charge in [0, 0.05) is 38.9 Å². The van der Waals surface area contributed by atoms with Crippen molar-refractivity contribution in [2.45, 2.75) is 42.2 Å². The molecule has 2 aliphatic rings. The molecule has 0 bridgehead atoms. The molecule has 0 saturated carbocycles. The number of likely N-dealkylation sites (tertiary alicyclic amines) is 2. The maximum atomic E-state index is 13.1. The average Bonchev–Trinajstić information content (AvgIpc) is 3.56. The number of carbonyl (C=O) groups excluding carboxylic acids is 3. The fraction of sp³-hybridized carbons (Fsp3) is 0.417. The first-order valence-electron chi connectivity index (χ1n) is 11.9. The van der Waals surface area contributed by atoms with E-state index in [1.807, 2.05) is 12.1 Å². The van der Waals surface area contributed by atoms with Crippen molar-refractivity contribution in [1.29, 1.82) is 0 Å². The van der Waals surface area contributed by atoms with Crippen molar-refractivity contribution in [3.8, 4) is 0 Å². The Morgan fingerprint density at radius 2 is 1.97 bits per heavy atom. The van der Waals surface area contributed by atoms with Crippen LogP contribution in [0.25, 0.3) is 6.08 Å². The van der Waals surface area contributed by atoms with E-state index in [1.54, 1.807) is 24.4 Å². The van der Waals surface area contributed by atoms with Crippen molar-refractivity contribution in [3.63, 3.8) is 0 Å². The summed E-state index contributed by atoms with van der Waals surface area (Å²) in [5, 5.41) is 3.81. The summed E-state index contributed by atoms with van der Waals surface area (Å²) < 4.78 is 28.5. The number of halogens is 1. The van der Waals surface area contributed by atoms with Gasteiger partial charge in [-0.3, -0.25) is 14.4 Å². The van der Waals surface area contributed by atoms with E-state index < -0.39 is 28.0 Å². The fourth-order valence-electron chi connectivity index (χ4n) is 4.39. The lowest BCUT2D eigenvalue weighted by molar-refractivity contribution is -0.144. The summed E-state index contributed by atoms with van der Waals surface area (Å²) in [6, 6.07) is 7.39. The van der Waals surface area contributed by atoms with Crippen molar-refractivity contribution in [3.05, 3.63) is 51.7 Å². The van der Waals surface area contributed by atoms with Crippen LogP contribution >= 0.6 is 33.9 Å². The number of sulfonamides is 1. The molecule has 2 fully saturated rings. The smallest absolute Gasteiger partial charge is 0.248 e. The summed E-state index contributed by atoms with van der Waals surface area (Å²) in [4.78, 5) is 47.8. The third kappa shape index (κ3) is 7.36. The fourth-order valence-corrected chi connectivity index (χ4v) is 6.99. The highest BCUT2D eigenvalue weighted by atomic mass is 127. The van der Waals surface area contributed by atoms with Crippen LogP contribution in [0.5, 0.6) is 0 Å². The molecular formula is C24H28IN5O5S2. The zero-order valence-electron chi connectivity index (χ0n) is 20.0. The van der Waals surface area contributed by atoms with Gasteiger partial charge in [0.2, 0.25) is 27.7 Å². The highest BCUT2D eigenvalue weighted by Gasteiger charge is 2.37. The zero-order valence-corrected chi connectivity index (χ0v) is 23.8. The highest BCUT2D eigenvalue weighted by molar-refractivity contribution is 14.1. The van der Waals surface area contributed by atoms with Gasteiger partial charge < -0.3 is 15.1 Å². The van der Waals surface area contributed by atoms with Crippen LogP contribution in [0.3, 0.4) is 0 Å². The summed E-state index contributed by atoms with van der Waals surface area (Å²) >= 11 is 3.75. The molecule has 10 nitrogen and oxygen atoms in total. The Morgan fingerprint density at radius 3 is 2.70 bits per heavy atom. The summed E-state index contributed by atoms with van der Waals surface area (Å²) in [6.45, 7) is 0.574. The molecule has 0 aliphatic carbocycles. The van der Waals surface area contributed by atoms with Gasteiger partial charge in [0.15, 0.2) is 0 Å². The monoisotopic (exact) mass is 657 g/mol. The van der Waals surface area contributed by atoms with Gasteiger partial charge in [0.25, 0.3) is 0 Å². The molecule has 2 aromatic heterocycles. The summed E-state index contributed by atoms with van der Waals surface area (Å²) in [5.41, 5.74) is 0. The summed E-state index contributed by atoms with van der Waals surface area (Å²) in [7, 11) is -3.85. The van der Waals surface area contributed by atoms with Crippen molar-refractivity contribution in [2.24, 2.45) is 0 Å². The molecule has 2 N–H and O–H groups in total. The van der Waals surface area contributed by atoms with E-state index in [1.165, 1.54) is 27.2 Å². The Morgan fingerprint density at radius 1 is 1.16 bits per heavy atom. The number of thiophene rings is 1. The Kier molecular flexibility index (Phi) is 9.31. The van der Waals surface area contributed by atoms with Crippen molar-refractivity contribution < 1.29 is 22.8 Å². The minimum atomic E-state index is -3.85. The van der Waals surface area contributed by atoms with Crippen LogP contribution in [0.1, 0.15) is 35.4 Å². The number of nitrogens with one attached hydrogen (secondary N) is 2. The molecule has 37 heavy (non-hydrogen) atoms. The third-order valence-corrected chi connectivity index (χ3v) is 9.68. The lowest BCUT2D eigenvalue weighted by Crippen LogP contribution is -2.55. The lowest BCUT2D eigenvalue weighted by atomic mass is 10.1. The van der Waals surface area contributed by atoms with Gasteiger partial charge in [0.1, 0.15) is 17.9 Å². The maximum absolute atomic E-state index is 13.1. The average molecular weight is 658 g/mol. The maximum Gasteiger partial charge on any atom is 0.248 e. The number of amides is 3. The SMILES string of the molecule is O=C(Nc1ccccn1)[C@H]1CCCN1C(=O)CN1CCC[C@H](NS(=O)(=O)/C=C/c2ccc(CI)s2)C1=O. The molecule has 13 heteroatoms. The third-order valence-electron chi connectivity index (χ3n) is 6.18. The second-order valence-corrected chi connectivity index (χ2v) is 12.4. The topological polar surface area (TPSA) is 129 Å². The standard InChI is InChI=1S/C24H28IN5O5S2/c25-15-18-9-8-17(36-18)10-14-37(34,35)28-19-5-3-12-29(24(19)33)16-22(31)30-13-4-6-20(30)23(32)27-21-7-1-2-11-26-21/h1-2,7-11,14,19-20,28H,3-6,12-13,15-16H2,(H,26,27,32)/b14-10+/t19-,20+/m0/s1. The molecule has 2 saturated heterocycles. The number of alkyl halides is 1. The number of hydrogen-bond donors (Lipinski definition) is 2. The molecule has 3 amide bonds. The van der Waals surface area contributed by atoms with Gasteiger partial charge in [-0.05, 0) is 56.0 Å². The van der Waals surface area contributed by atoms with Gasteiger partial charge >= 0.3 is 0 Å². The predicted molar refractivity (Wildman–Crippen MR) is 150 cm³/mol. The quantitative estimate of drug-likeness (QED) is 0.315. The second-order valence-electron chi connectivity index (χ2n) is 8.81. The van der Waals surface area contributed by atoms with Gasteiger partial charge in [0.05, 0.1) is 6.54 Å². The van der Waals surface area contributed by atoms with Gasteiger partial charge in [-0.2, -0.15) is 4.72 Å².